The molecule has 0 aliphatic rings. The molecule has 4 aromatic heterocycles. The van der Waals surface area contributed by atoms with Gasteiger partial charge in [0.25, 0.3) is 0 Å². The number of pyridine rings is 4. The van der Waals surface area contributed by atoms with Gasteiger partial charge in [0.15, 0.2) is 5.43 Å². The average molecular weight is 364 g/mol. The number of fused-ring (bicyclic) bond motifs is 2. The van der Waals surface area contributed by atoms with Crippen LogP contribution in [0.2, 0.25) is 0 Å². The zero-order valence-electron chi connectivity index (χ0n) is 15.2. The molecule has 1 N–H and O–H groups in total. The van der Waals surface area contributed by atoms with Gasteiger partial charge in [-0.1, -0.05) is 24.3 Å². The molecular formula is C23H16N4O. The SMILES string of the molecule is Cc1ccnc(-c2ccccc2-c2cncc3c(=O)c4cnccc4[nH]c23)c1. The van der Waals surface area contributed by atoms with Crippen molar-refractivity contribution in [3.63, 3.8) is 0 Å². The number of benzene rings is 1. The van der Waals surface area contributed by atoms with E-state index < -0.39 is 0 Å². The molecule has 0 fully saturated rings. The molecule has 0 amide bonds. The number of H-pyrrole nitrogens is 1. The van der Waals surface area contributed by atoms with Crippen LogP contribution in [0.25, 0.3) is 44.2 Å². The summed E-state index contributed by atoms with van der Waals surface area (Å²) in [6.07, 6.45) is 8.48. The molecule has 0 atom stereocenters. The van der Waals surface area contributed by atoms with E-state index in [4.69, 9.17) is 0 Å². The molecule has 28 heavy (non-hydrogen) atoms. The maximum Gasteiger partial charge on any atom is 0.200 e. The summed E-state index contributed by atoms with van der Waals surface area (Å²) in [5.41, 5.74) is 6.32. The molecule has 0 aliphatic heterocycles. The fourth-order valence-corrected chi connectivity index (χ4v) is 3.56. The number of aromatic nitrogens is 4. The van der Waals surface area contributed by atoms with E-state index in [1.165, 1.54) is 0 Å². The molecule has 4 heterocycles. The molecule has 5 nitrogen and oxygen atoms in total. The van der Waals surface area contributed by atoms with Crippen LogP contribution in [-0.2, 0) is 0 Å². The number of aryl methyl sites for hydroxylation is 1. The van der Waals surface area contributed by atoms with E-state index in [2.05, 4.69) is 26.0 Å². The Hall–Kier alpha value is -3.86. The Morgan fingerprint density at radius 2 is 1.64 bits per heavy atom. The lowest BCUT2D eigenvalue weighted by Crippen LogP contribution is -2.06. The van der Waals surface area contributed by atoms with Crippen molar-refractivity contribution in [1.29, 1.82) is 0 Å². The molecule has 0 saturated carbocycles. The lowest BCUT2D eigenvalue weighted by atomic mass is 9.96. The van der Waals surface area contributed by atoms with Crippen molar-refractivity contribution in [1.82, 2.24) is 19.9 Å². The molecule has 134 valence electrons. The van der Waals surface area contributed by atoms with Gasteiger partial charge in [0, 0.05) is 42.1 Å². The van der Waals surface area contributed by atoms with Crippen LogP contribution in [0.1, 0.15) is 5.56 Å². The Morgan fingerprint density at radius 3 is 2.50 bits per heavy atom. The van der Waals surface area contributed by atoms with Gasteiger partial charge in [0.1, 0.15) is 0 Å². The summed E-state index contributed by atoms with van der Waals surface area (Å²) in [6, 6.07) is 13.9. The van der Waals surface area contributed by atoms with Gasteiger partial charge in [-0.3, -0.25) is 19.7 Å². The van der Waals surface area contributed by atoms with Crippen LogP contribution in [0.4, 0.5) is 0 Å². The van der Waals surface area contributed by atoms with E-state index in [0.717, 1.165) is 39.0 Å². The zero-order chi connectivity index (χ0) is 19.1. The monoisotopic (exact) mass is 364 g/mol. The van der Waals surface area contributed by atoms with Crippen molar-refractivity contribution in [3.05, 3.63) is 89.2 Å². The van der Waals surface area contributed by atoms with Gasteiger partial charge in [-0.25, -0.2) is 0 Å². The number of nitrogens with one attached hydrogen (secondary N) is 1. The molecule has 0 radical (unpaired) electrons. The molecule has 5 rings (SSSR count). The van der Waals surface area contributed by atoms with Crippen molar-refractivity contribution in [2.45, 2.75) is 6.92 Å². The van der Waals surface area contributed by atoms with Crippen LogP contribution in [0, 0.1) is 6.92 Å². The normalized spacial score (nSPS) is 11.2. The molecule has 0 saturated heterocycles. The Morgan fingerprint density at radius 1 is 0.821 bits per heavy atom. The van der Waals surface area contributed by atoms with E-state index in [-0.39, 0.29) is 5.43 Å². The van der Waals surface area contributed by atoms with Crippen LogP contribution in [-0.4, -0.2) is 19.9 Å². The summed E-state index contributed by atoms with van der Waals surface area (Å²) < 4.78 is 0. The van der Waals surface area contributed by atoms with Crippen LogP contribution in [0.3, 0.4) is 0 Å². The Bertz CT molecular complexity index is 1410. The third kappa shape index (κ3) is 2.56. The molecule has 0 bridgehead atoms. The van der Waals surface area contributed by atoms with Crippen molar-refractivity contribution >= 4 is 21.8 Å². The quantitative estimate of drug-likeness (QED) is 0.468. The summed E-state index contributed by atoms with van der Waals surface area (Å²) in [7, 11) is 0. The van der Waals surface area contributed by atoms with Crippen molar-refractivity contribution < 1.29 is 0 Å². The maximum absolute atomic E-state index is 13.0. The summed E-state index contributed by atoms with van der Waals surface area (Å²) in [5.74, 6) is 0. The first-order chi connectivity index (χ1) is 13.7. The van der Waals surface area contributed by atoms with E-state index in [9.17, 15) is 4.79 Å². The molecular weight excluding hydrogens is 348 g/mol. The summed E-state index contributed by atoms with van der Waals surface area (Å²) in [6.45, 7) is 2.05. The van der Waals surface area contributed by atoms with Crippen LogP contribution >= 0.6 is 0 Å². The van der Waals surface area contributed by atoms with E-state index in [1.807, 2.05) is 49.5 Å². The summed E-state index contributed by atoms with van der Waals surface area (Å²) in [4.78, 5) is 29.3. The molecule has 0 spiro atoms. The number of aromatic amines is 1. The average Bonchev–Trinajstić information content (AvgIpc) is 2.74. The van der Waals surface area contributed by atoms with Gasteiger partial charge in [-0.15, -0.1) is 0 Å². The minimum absolute atomic E-state index is 0.0719. The fourth-order valence-electron chi connectivity index (χ4n) is 3.56. The smallest absolute Gasteiger partial charge is 0.200 e. The van der Waals surface area contributed by atoms with Crippen LogP contribution in [0.15, 0.2) is 78.2 Å². The Balaban J connectivity index is 1.85. The number of rotatable bonds is 2. The molecule has 0 aliphatic carbocycles. The zero-order valence-corrected chi connectivity index (χ0v) is 15.2. The second kappa shape index (κ2) is 6.39. The first-order valence-corrected chi connectivity index (χ1v) is 8.98. The molecule has 5 aromatic rings. The highest BCUT2D eigenvalue weighted by atomic mass is 16.1. The summed E-state index contributed by atoms with van der Waals surface area (Å²) >= 11 is 0. The van der Waals surface area contributed by atoms with E-state index >= 15 is 0 Å². The van der Waals surface area contributed by atoms with Crippen LogP contribution in [0.5, 0.6) is 0 Å². The van der Waals surface area contributed by atoms with E-state index in [1.54, 1.807) is 24.8 Å². The maximum atomic E-state index is 13.0. The van der Waals surface area contributed by atoms with Crippen molar-refractivity contribution in [2.75, 3.05) is 0 Å². The predicted molar refractivity (Wildman–Crippen MR) is 111 cm³/mol. The van der Waals surface area contributed by atoms with Gasteiger partial charge in [0.05, 0.1) is 27.5 Å². The van der Waals surface area contributed by atoms with Crippen LogP contribution < -0.4 is 5.43 Å². The third-order valence-electron chi connectivity index (χ3n) is 4.92. The summed E-state index contributed by atoms with van der Waals surface area (Å²) in [5, 5.41) is 1.10. The first kappa shape index (κ1) is 16.3. The second-order valence-corrected chi connectivity index (χ2v) is 6.75. The number of hydrogen-bond acceptors (Lipinski definition) is 4. The van der Waals surface area contributed by atoms with Crippen molar-refractivity contribution in [2.24, 2.45) is 0 Å². The highest BCUT2D eigenvalue weighted by molar-refractivity contribution is 6.01. The van der Waals surface area contributed by atoms with Gasteiger partial charge >= 0.3 is 0 Å². The lowest BCUT2D eigenvalue weighted by Gasteiger charge is -2.12. The largest absolute Gasteiger partial charge is 0.354 e. The Labute approximate surface area is 160 Å². The third-order valence-corrected chi connectivity index (χ3v) is 4.92. The fraction of sp³-hybridized carbons (Fsp3) is 0.0435. The Kier molecular flexibility index (Phi) is 3.72. The molecule has 1 aromatic carbocycles. The highest BCUT2D eigenvalue weighted by Gasteiger charge is 2.14. The number of nitrogens with zero attached hydrogens (tertiary/aromatic N) is 3. The minimum atomic E-state index is -0.0719. The van der Waals surface area contributed by atoms with Gasteiger partial charge < -0.3 is 4.98 Å². The molecule has 0 unspecified atom stereocenters. The highest BCUT2D eigenvalue weighted by Crippen LogP contribution is 2.34. The minimum Gasteiger partial charge on any atom is -0.354 e. The number of hydrogen-bond donors (Lipinski definition) is 1. The second-order valence-electron chi connectivity index (χ2n) is 6.75. The van der Waals surface area contributed by atoms with E-state index in [0.29, 0.717) is 10.8 Å². The first-order valence-electron chi connectivity index (χ1n) is 8.98. The van der Waals surface area contributed by atoms with Gasteiger partial charge in [0.2, 0.25) is 0 Å². The van der Waals surface area contributed by atoms with Crippen molar-refractivity contribution in [3.8, 4) is 22.4 Å². The lowest BCUT2D eigenvalue weighted by molar-refractivity contribution is 1.28. The standard InChI is InChI=1S/C23H16N4O/c1-14-6-9-26-21(10-14)16-5-3-2-4-15(16)17-11-25-13-19-22(17)27-20-7-8-24-12-18(20)23(19)28/h2-13H,1H3,(H,27,28). The molecule has 5 heteroatoms. The predicted octanol–water partition coefficient (Wildman–Crippen LogP) is 4.51. The van der Waals surface area contributed by atoms with Gasteiger partial charge in [-0.2, -0.15) is 0 Å². The van der Waals surface area contributed by atoms with Gasteiger partial charge in [-0.05, 0) is 36.2 Å². The topological polar surface area (TPSA) is 71.5 Å².